The molecule has 7 heteroatoms. The summed E-state index contributed by atoms with van der Waals surface area (Å²) in [5, 5.41) is 3.76. The SMILES string of the molecule is CC(=O)Cc1nc(C2CCCS(=O)(=O)C2)no1. The van der Waals surface area contributed by atoms with Crippen LogP contribution in [-0.2, 0) is 21.1 Å². The van der Waals surface area contributed by atoms with Gasteiger partial charge in [-0.2, -0.15) is 4.98 Å². The highest BCUT2D eigenvalue weighted by Crippen LogP contribution is 2.26. The number of carbonyl (C=O) groups is 1. The molecule has 0 aromatic carbocycles. The summed E-state index contributed by atoms with van der Waals surface area (Å²) >= 11 is 0. The van der Waals surface area contributed by atoms with Gasteiger partial charge in [-0.3, -0.25) is 4.79 Å². The lowest BCUT2D eigenvalue weighted by Crippen LogP contribution is -2.24. The molecule has 1 fully saturated rings. The van der Waals surface area contributed by atoms with E-state index >= 15 is 0 Å². The van der Waals surface area contributed by atoms with Crippen LogP contribution in [0.1, 0.15) is 37.4 Å². The lowest BCUT2D eigenvalue weighted by atomic mass is 10.1. The van der Waals surface area contributed by atoms with Crippen molar-refractivity contribution in [3.05, 3.63) is 11.7 Å². The Hall–Kier alpha value is -1.24. The van der Waals surface area contributed by atoms with Crippen LogP contribution in [0.15, 0.2) is 4.52 Å². The number of sulfone groups is 1. The summed E-state index contributed by atoms with van der Waals surface area (Å²) in [6.07, 6.45) is 1.48. The van der Waals surface area contributed by atoms with Crippen LogP contribution in [0.5, 0.6) is 0 Å². The number of hydrogen-bond acceptors (Lipinski definition) is 6. The van der Waals surface area contributed by atoms with Gasteiger partial charge in [0.25, 0.3) is 0 Å². The van der Waals surface area contributed by atoms with Crippen molar-refractivity contribution in [2.75, 3.05) is 11.5 Å². The van der Waals surface area contributed by atoms with Gasteiger partial charge in [-0.15, -0.1) is 0 Å². The van der Waals surface area contributed by atoms with Gasteiger partial charge in [0.1, 0.15) is 5.78 Å². The standard InChI is InChI=1S/C10H14N2O4S/c1-7(13)5-9-11-10(12-16-9)8-3-2-4-17(14,15)6-8/h8H,2-6H2,1H3. The van der Waals surface area contributed by atoms with Crippen molar-refractivity contribution in [1.29, 1.82) is 0 Å². The highest BCUT2D eigenvalue weighted by Gasteiger charge is 2.29. The highest BCUT2D eigenvalue weighted by atomic mass is 32.2. The number of Topliss-reactive ketones (excluding diaryl/α,β-unsaturated/α-hetero) is 1. The minimum atomic E-state index is -2.98. The van der Waals surface area contributed by atoms with Crippen LogP contribution in [0, 0.1) is 0 Å². The Balaban J connectivity index is 2.12. The summed E-state index contributed by atoms with van der Waals surface area (Å²) in [6.45, 7) is 1.44. The van der Waals surface area contributed by atoms with E-state index in [9.17, 15) is 13.2 Å². The van der Waals surface area contributed by atoms with Gasteiger partial charge in [0, 0.05) is 5.92 Å². The molecule has 1 aromatic rings. The maximum absolute atomic E-state index is 11.5. The largest absolute Gasteiger partial charge is 0.339 e. The molecule has 0 saturated carbocycles. The third kappa shape index (κ3) is 3.12. The monoisotopic (exact) mass is 258 g/mol. The summed E-state index contributed by atoms with van der Waals surface area (Å²) < 4.78 is 27.9. The Kier molecular flexibility index (Phi) is 3.28. The van der Waals surface area contributed by atoms with E-state index in [1.54, 1.807) is 0 Å². The summed E-state index contributed by atoms with van der Waals surface area (Å²) in [6, 6.07) is 0. The number of rotatable bonds is 3. The minimum Gasteiger partial charge on any atom is -0.339 e. The van der Waals surface area contributed by atoms with Crippen LogP contribution in [0.2, 0.25) is 0 Å². The normalized spacial score (nSPS) is 23.5. The second-order valence-electron chi connectivity index (χ2n) is 4.38. The topological polar surface area (TPSA) is 90.1 Å². The first-order chi connectivity index (χ1) is 7.96. The first-order valence-corrected chi connectivity index (χ1v) is 7.31. The number of nitrogens with zero attached hydrogens (tertiary/aromatic N) is 2. The zero-order valence-electron chi connectivity index (χ0n) is 9.55. The van der Waals surface area contributed by atoms with Crippen molar-refractivity contribution in [2.24, 2.45) is 0 Å². The van der Waals surface area contributed by atoms with Crippen LogP contribution in [0.25, 0.3) is 0 Å². The van der Waals surface area contributed by atoms with Gasteiger partial charge in [0.15, 0.2) is 15.7 Å². The fraction of sp³-hybridized carbons (Fsp3) is 0.700. The predicted molar refractivity (Wildman–Crippen MR) is 59.3 cm³/mol. The Morgan fingerprint density at radius 2 is 2.29 bits per heavy atom. The first-order valence-electron chi connectivity index (χ1n) is 5.48. The van der Waals surface area contributed by atoms with Gasteiger partial charge in [-0.05, 0) is 19.8 Å². The van der Waals surface area contributed by atoms with Crippen molar-refractivity contribution in [3.8, 4) is 0 Å². The van der Waals surface area contributed by atoms with Crippen molar-refractivity contribution >= 4 is 15.6 Å². The van der Waals surface area contributed by atoms with Gasteiger partial charge in [0.2, 0.25) is 5.89 Å². The van der Waals surface area contributed by atoms with Gasteiger partial charge >= 0.3 is 0 Å². The molecular formula is C10H14N2O4S. The second-order valence-corrected chi connectivity index (χ2v) is 6.61. The van der Waals surface area contributed by atoms with E-state index in [2.05, 4.69) is 10.1 Å². The van der Waals surface area contributed by atoms with E-state index in [1.165, 1.54) is 6.92 Å². The fourth-order valence-corrected chi connectivity index (χ4v) is 3.65. The molecule has 1 atom stereocenters. The Morgan fingerprint density at radius 3 is 2.94 bits per heavy atom. The minimum absolute atomic E-state index is 0.0588. The maximum atomic E-state index is 11.5. The third-order valence-corrected chi connectivity index (χ3v) is 4.53. The van der Waals surface area contributed by atoms with Crippen molar-refractivity contribution in [3.63, 3.8) is 0 Å². The van der Waals surface area contributed by atoms with Gasteiger partial charge in [-0.1, -0.05) is 5.16 Å². The van der Waals surface area contributed by atoms with Crippen LogP contribution < -0.4 is 0 Å². The van der Waals surface area contributed by atoms with Crippen molar-refractivity contribution in [1.82, 2.24) is 10.1 Å². The maximum Gasteiger partial charge on any atom is 0.234 e. The molecule has 0 spiro atoms. The average Bonchev–Trinajstić information content (AvgIpc) is 2.63. The molecule has 0 radical (unpaired) electrons. The zero-order chi connectivity index (χ0) is 12.5. The van der Waals surface area contributed by atoms with E-state index in [0.717, 1.165) is 6.42 Å². The quantitative estimate of drug-likeness (QED) is 0.783. The van der Waals surface area contributed by atoms with Crippen LogP contribution in [0.4, 0.5) is 0 Å². The molecule has 1 aliphatic heterocycles. The third-order valence-electron chi connectivity index (χ3n) is 2.71. The Morgan fingerprint density at radius 1 is 1.53 bits per heavy atom. The average molecular weight is 258 g/mol. The summed E-state index contributed by atoms with van der Waals surface area (Å²) in [4.78, 5) is 15.0. The lowest BCUT2D eigenvalue weighted by molar-refractivity contribution is -0.116. The Bertz CT molecular complexity index is 520. The molecule has 1 unspecified atom stereocenters. The molecule has 1 aliphatic rings. The van der Waals surface area contributed by atoms with Gasteiger partial charge in [-0.25, -0.2) is 8.42 Å². The van der Waals surface area contributed by atoms with E-state index in [-0.39, 0.29) is 35.5 Å². The van der Waals surface area contributed by atoms with E-state index in [4.69, 9.17) is 4.52 Å². The van der Waals surface area contributed by atoms with Crippen molar-refractivity contribution in [2.45, 2.75) is 32.1 Å². The van der Waals surface area contributed by atoms with Crippen LogP contribution in [0.3, 0.4) is 0 Å². The molecule has 17 heavy (non-hydrogen) atoms. The number of hydrogen-bond donors (Lipinski definition) is 0. The summed E-state index contributed by atoms with van der Waals surface area (Å²) in [7, 11) is -2.98. The van der Waals surface area contributed by atoms with E-state index in [0.29, 0.717) is 12.2 Å². The molecule has 94 valence electrons. The molecule has 1 saturated heterocycles. The second kappa shape index (κ2) is 4.56. The van der Waals surface area contributed by atoms with Crippen molar-refractivity contribution < 1.29 is 17.7 Å². The first kappa shape index (κ1) is 12.2. The van der Waals surface area contributed by atoms with Crippen LogP contribution in [-0.4, -0.2) is 35.8 Å². The van der Waals surface area contributed by atoms with E-state index in [1.807, 2.05) is 0 Å². The van der Waals surface area contributed by atoms with Crippen LogP contribution >= 0.6 is 0 Å². The van der Waals surface area contributed by atoms with E-state index < -0.39 is 9.84 Å². The number of ketones is 1. The molecule has 0 bridgehead atoms. The van der Waals surface area contributed by atoms with Gasteiger partial charge < -0.3 is 4.52 Å². The molecular weight excluding hydrogens is 244 g/mol. The molecule has 1 aromatic heterocycles. The molecule has 0 amide bonds. The fourth-order valence-electron chi connectivity index (χ4n) is 1.95. The molecule has 2 heterocycles. The zero-order valence-corrected chi connectivity index (χ0v) is 10.4. The number of carbonyl (C=O) groups excluding carboxylic acids is 1. The predicted octanol–water partition coefficient (Wildman–Crippen LogP) is 0.493. The smallest absolute Gasteiger partial charge is 0.234 e. The molecule has 0 aliphatic carbocycles. The summed E-state index contributed by atoms with van der Waals surface area (Å²) in [5.41, 5.74) is 0. The van der Waals surface area contributed by atoms with Gasteiger partial charge in [0.05, 0.1) is 17.9 Å². The highest BCUT2D eigenvalue weighted by molar-refractivity contribution is 7.91. The molecule has 6 nitrogen and oxygen atoms in total. The lowest BCUT2D eigenvalue weighted by Gasteiger charge is -2.18. The number of aromatic nitrogens is 2. The Labute approximate surface area is 99.3 Å². The summed E-state index contributed by atoms with van der Waals surface area (Å²) in [5.74, 6) is 0.725. The molecule has 0 N–H and O–H groups in total. The molecule has 2 rings (SSSR count).